The van der Waals surface area contributed by atoms with Crippen LogP contribution in [0.4, 0.5) is 0 Å². The first kappa shape index (κ1) is 17.6. The van der Waals surface area contributed by atoms with E-state index >= 15 is 0 Å². The van der Waals surface area contributed by atoms with Crippen molar-refractivity contribution in [3.8, 4) is 0 Å². The highest BCUT2D eigenvalue weighted by molar-refractivity contribution is 7.87. The van der Waals surface area contributed by atoms with Gasteiger partial charge < -0.3 is 10.2 Å². The van der Waals surface area contributed by atoms with E-state index < -0.39 is 10.2 Å². The minimum Gasteiger partial charge on any atom is -0.339 e. The van der Waals surface area contributed by atoms with Crippen molar-refractivity contribution < 1.29 is 13.2 Å². The monoisotopic (exact) mass is 300 g/mol. The van der Waals surface area contributed by atoms with Crippen LogP contribution < -0.4 is 10.0 Å². The summed E-state index contributed by atoms with van der Waals surface area (Å²) in [5.74, 6) is -0.157. The molecule has 0 spiro atoms. The van der Waals surface area contributed by atoms with E-state index in [1.807, 2.05) is 0 Å². The molecule has 1 amide bonds. The Labute approximate surface area is 114 Å². The standard InChI is InChI=1S/C9H20N4O3S.ClH/c1-3-11-17(15,16)12(2)8-9(14)13-6-4-10-5-7-13;/h10-11H,3-8H2,1-2H3;1H. The third-order valence-corrected chi connectivity index (χ3v) is 4.17. The van der Waals surface area contributed by atoms with Crippen LogP contribution in [0.15, 0.2) is 0 Å². The molecular formula is C9H21ClN4O3S. The molecule has 0 aliphatic carbocycles. The third kappa shape index (κ3) is 5.07. The molecule has 7 nitrogen and oxygen atoms in total. The van der Waals surface area contributed by atoms with E-state index in [-0.39, 0.29) is 24.9 Å². The molecule has 1 aliphatic rings. The maximum atomic E-state index is 11.8. The summed E-state index contributed by atoms with van der Waals surface area (Å²) < 4.78 is 26.5. The molecule has 2 N–H and O–H groups in total. The second-order valence-corrected chi connectivity index (χ2v) is 5.75. The summed E-state index contributed by atoms with van der Waals surface area (Å²) in [6, 6.07) is 0. The van der Waals surface area contributed by atoms with Crippen LogP contribution in [0, 0.1) is 0 Å². The SMILES string of the molecule is CCNS(=O)(=O)N(C)CC(=O)N1CCNCC1.Cl. The van der Waals surface area contributed by atoms with E-state index in [0.717, 1.165) is 17.4 Å². The molecule has 0 aromatic rings. The summed E-state index contributed by atoms with van der Waals surface area (Å²) in [5, 5.41) is 3.14. The fourth-order valence-corrected chi connectivity index (χ4v) is 2.45. The van der Waals surface area contributed by atoms with E-state index in [1.165, 1.54) is 7.05 Å². The highest BCUT2D eigenvalue weighted by Gasteiger charge is 2.23. The number of halogens is 1. The zero-order valence-electron chi connectivity index (χ0n) is 10.7. The van der Waals surface area contributed by atoms with Crippen molar-refractivity contribution in [3.05, 3.63) is 0 Å². The van der Waals surface area contributed by atoms with Gasteiger partial charge in [-0.05, 0) is 0 Å². The highest BCUT2D eigenvalue weighted by atomic mass is 35.5. The van der Waals surface area contributed by atoms with Crippen molar-refractivity contribution in [2.45, 2.75) is 6.92 Å². The minimum atomic E-state index is -3.52. The Morgan fingerprint density at radius 1 is 1.39 bits per heavy atom. The van der Waals surface area contributed by atoms with Gasteiger partial charge >= 0.3 is 0 Å². The minimum absolute atomic E-state index is 0. The number of nitrogens with one attached hydrogen (secondary N) is 2. The second kappa shape index (κ2) is 7.90. The summed E-state index contributed by atoms with van der Waals surface area (Å²) in [6.07, 6.45) is 0. The molecule has 1 rings (SSSR count). The summed E-state index contributed by atoms with van der Waals surface area (Å²) >= 11 is 0. The smallest absolute Gasteiger partial charge is 0.279 e. The van der Waals surface area contributed by atoms with Gasteiger partial charge in [0.2, 0.25) is 5.91 Å². The van der Waals surface area contributed by atoms with Crippen molar-refractivity contribution in [1.82, 2.24) is 19.2 Å². The van der Waals surface area contributed by atoms with Crippen LogP contribution in [-0.4, -0.2) is 69.8 Å². The Hall–Kier alpha value is -0.410. The summed E-state index contributed by atoms with van der Waals surface area (Å²) in [6.45, 7) is 4.68. The van der Waals surface area contributed by atoms with E-state index in [2.05, 4.69) is 10.0 Å². The quantitative estimate of drug-likeness (QED) is 0.656. The zero-order valence-corrected chi connectivity index (χ0v) is 12.3. The lowest BCUT2D eigenvalue weighted by atomic mass is 10.3. The number of piperazine rings is 1. The zero-order chi connectivity index (χ0) is 12.9. The molecule has 0 aromatic heterocycles. The van der Waals surface area contributed by atoms with Gasteiger partial charge in [0.15, 0.2) is 0 Å². The molecule has 108 valence electrons. The first-order valence-electron chi connectivity index (χ1n) is 5.66. The van der Waals surface area contributed by atoms with Gasteiger partial charge in [-0.25, -0.2) is 4.72 Å². The highest BCUT2D eigenvalue weighted by Crippen LogP contribution is 1.98. The average Bonchev–Trinajstić information content (AvgIpc) is 2.30. The molecule has 18 heavy (non-hydrogen) atoms. The van der Waals surface area contributed by atoms with Gasteiger partial charge in [-0.15, -0.1) is 12.4 Å². The van der Waals surface area contributed by atoms with Gasteiger partial charge in [0.25, 0.3) is 10.2 Å². The largest absolute Gasteiger partial charge is 0.339 e. The van der Waals surface area contributed by atoms with Gasteiger partial charge in [0.05, 0.1) is 6.54 Å². The molecule has 1 fully saturated rings. The Morgan fingerprint density at radius 2 is 1.94 bits per heavy atom. The number of carbonyl (C=O) groups is 1. The first-order valence-corrected chi connectivity index (χ1v) is 7.11. The van der Waals surface area contributed by atoms with Crippen LogP contribution in [0.5, 0.6) is 0 Å². The summed E-state index contributed by atoms with van der Waals surface area (Å²) in [4.78, 5) is 13.5. The molecule has 9 heteroatoms. The molecule has 0 saturated carbocycles. The van der Waals surface area contributed by atoms with Crippen molar-refractivity contribution in [2.24, 2.45) is 0 Å². The van der Waals surface area contributed by atoms with E-state index in [9.17, 15) is 13.2 Å². The number of nitrogens with zero attached hydrogens (tertiary/aromatic N) is 2. The molecule has 1 saturated heterocycles. The number of hydrogen-bond acceptors (Lipinski definition) is 4. The summed E-state index contributed by atoms with van der Waals surface area (Å²) in [5.41, 5.74) is 0. The number of amides is 1. The predicted octanol–water partition coefficient (Wildman–Crippen LogP) is -1.37. The van der Waals surface area contributed by atoms with Crippen LogP contribution in [0.25, 0.3) is 0 Å². The normalized spacial score (nSPS) is 16.5. The van der Waals surface area contributed by atoms with Gasteiger partial charge in [0.1, 0.15) is 0 Å². The molecule has 1 heterocycles. The fraction of sp³-hybridized carbons (Fsp3) is 0.889. The van der Waals surface area contributed by atoms with Gasteiger partial charge in [-0.2, -0.15) is 12.7 Å². The Morgan fingerprint density at radius 3 is 2.44 bits per heavy atom. The average molecular weight is 301 g/mol. The number of carbonyl (C=O) groups excluding carboxylic acids is 1. The molecular weight excluding hydrogens is 280 g/mol. The van der Waals surface area contributed by atoms with Gasteiger partial charge in [-0.3, -0.25) is 4.79 Å². The van der Waals surface area contributed by atoms with Crippen molar-refractivity contribution in [3.63, 3.8) is 0 Å². The van der Waals surface area contributed by atoms with Crippen LogP contribution in [0.1, 0.15) is 6.92 Å². The Balaban J connectivity index is 0.00000289. The second-order valence-electron chi connectivity index (χ2n) is 3.89. The van der Waals surface area contributed by atoms with E-state index in [0.29, 0.717) is 19.6 Å². The molecule has 1 aliphatic heterocycles. The van der Waals surface area contributed by atoms with Crippen molar-refractivity contribution in [2.75, 3.05) is 46.3 Å². The Bertz CT molecular complexity index is 357. The topological polar surface area (TPSA) is 81.8 Å². The molecule has 0 aromatic carbocycles. The van der Waals surface area contributed by atoms with Crippen LogP contribution in [-0.2, 0) is 15.0 Å². The Kier molecular flexibility index (Phi) is 7.72. The lowest BCUT2D eigenvalue weighted by Gasteiger charge is -2.29. The van der Waals surface area contributed by atoms with Crippen LogP contribution >= 0.6 is 12.4 Å². The molecule has 0 radical (unpaired) electrons. The molecule has 0 bridgehead atoms. The molecule has 0 unspecified atom stereocenters. The number of rotatable bonds is 5. The summed E-state index contributed by atoms with van der Waals surface area (Å²) in [7, 11) is -2.12. The predicted molar refractivity (Wildman–Crippen MR) is 71.9 cm³/mol. The number of likely N-dealkylation sites (N-methyl/N-ethyl adjacent to an activating group) is 1. The van der Waals surface area contributed by atoms with E-state index in [4.69, 9.17) is 0 Å². The van der Waals surface area contributed by atoms with Crippen LogP contribution in [0.3, 0.4) is 0 Å². The van der Waals surface area contributed by atoms with Gasteiger partial charge in [0, 0.05) is 39.8 Å². The maximum absolute atomic E-state index is 11.8. The number of hydrogen-bond donors (Lipinski definition) is 2. The van der Waals surface area contributed by atoms with Crippen LogP contribution in [0.2, 0.25) is 0 Å². The van der Waals surface area contributed by atoms with Crippen molar-refractivity contribution >= 4 is 28.5 Å². The fourth-order valence-electron chi connectivity index (χ4n) is 1.58. The maximum Gasteiger partial charge on any atom is 0.279 e. The first-order chi connectivity index (χ1) is 7.97. The third-order valence-electron chi connectivity index (χ3n) is 2.56. The lowest BCUT2D eigenvalue weighted by molar-refractivity contribution is -0.131. The van der Waals surface area contributed by atoms with Crippen molar-refractivity contribution in [1.29, 1.82) is 0 Å². The lowest BCUT2D eigenvalue weighted by Crippen LogP contribution is -2.50. The molecule has 0 atom stereocenters. The van der Waals surface area contributed by atoms with Gasteiger partial charge in [-0.1, -0.05) is 6.92 Å². The van der Waals surface area contributed by atoms with E-state index in [1.54, 1.807) is 11.8 Å².